The molecule has 1 aliphatic rings. The summed E-state index contributed by atoms with van der Waals surface area (Å²) < 4.78 is 33.3. The minimum Gasteiger partial charge on any atom is -0.481 e. The first-order valence-electron chi connectivity index (χ1n) is 11.0. The topological polar surface area (TPSA) is 114 Å². The minimum absolute atomic E-state index is 0.0320. The summed E-state index contributed by atoms with van der Waals surface area (Å²) in [5, 5.41) is 8.93. The molecule has 0 aliphatic heterocycles. The standard InChI is InChI=1S/C24H21F2N5O3/c25-15-8-17(26)23-18(9-15)30-24(31-23)20-12-27-19(11-28-20)14-3-6-21(29-10-14)34-16-4-1-13(2-5-16)7-22(32)33/h3,6,8-13,16H,1-2,4-5,7H2,(H,30,31)(H,32,33)/t13-,16-. The van der Waals surface area contributed by atoms with Crippen molar-refractivity contribution in [2.45, 2.75) is 38.2 Å². The molecule has 0 unspecified atom stereocenters. The lowest BCUT2D eigenvalue weighted by Gasteiger charge is -2.27. The highest BCUT2D eigenvalue weighted by atomic mass is 19.1. The van der Waals surface area contributed by atoms with Crippen LogP contribution in [0.5, 0.6) is 5.88 Å². The molecule has 8 nitrogen and oxygen atoms in total. The summed E-state index contributed by atoms with van der Waals surface area (Å²) in [6.07, 6.45) is 8.25. The fraction of sp³-hybridized carbons (Fsp3) is 0.292. The molecule has 0 atom stereocenters. The highest BCUT2D eigenvalue weighted by Crippen LogP contribution is 2.30. The summed E-state index contributed by atoms with van der Waals surface area (Å²) in [5.74, 6) is -1.17. The summed E-state index contributed by atoms with van der Waals surface area (Å²) in [6.45, 7) is 0. The molecule has 4 aromatic rings. The number of halogens is 2. The monoisotopic (exact) mass is 465 g/mol. The van der Waals surface area contributed by atoms with E-state index in [1.54, 1.807) is 18.5 Å². The molecule has 1 aliphatic carbocycles. The van der Waals surface area contributed by atoms with Gasteiger partial charge >= 0.3 is 5.97 Å². The van der Waals surface area contributed by atoms with Gasteiger partial charge in [0.1, 0.15) is 23.1 Å². The van der Waals surface area contributed by atoms with Crippen LogP contribution in [0, 0.1) is 17.6 Å². The zero-order valence-corrected chi connectivity index (χ0v) is 18.0. The SMILES string of the molecule is O=C(O)C[C@H]1CC[C@H](Oc2ccc(-c3cnc(-c4nc5c(F)cc(F)cc5[nH]4)cn3)cn2)CC1. The normalized spacial score (nSPS) is 18.2. The maximum atomic E-state index is 13.9. The Kier molecular flexibility index (Phi) is 5.87. The molecule has 1 fully saturated rings. The van der Waals surface area contributed by atoms with Crippen LogP contribution in [0.15, 0.2) is 42.9 Å². The lowest BCUT2D eigenvalue weighted by Crippen LogP contribution is -2.25. The number of carbonyl (C=O) groups is 1. The maximum Gasteiger partial charge on any atom is 0.303 e. The number of carboxylic acid groups (broad SMARTS) is 1. The van der Waals surface area contributed by atoms with Crippen molar-refractivity contribution in [2.75, 3.05) is 0 Å². The molecule has 0 spiro atoms. The molecular formula is C24H21F2N5O3. The Morgan fingerprint density at radius 3 is 2.47 bits per heavy atom. The van der Waals surface area contributed by atoms with Crippen LogP contribution in [0.1, 0.15) is 32.1 Å². The molecule has 1 aromatic carbocycles. The number of ether oxygens (including phenoxy) is 1. The largest absolute Gasteiger partial charge is 0.481 e. The van der Waals surface area contributed by atoms with E-state index >= 15 is 0 Å². The third-order valence-corrected chi connectivity index (χ3v) is 5.98. The van der Waals surface area contributed by atoms with Gasteiger partial charge in [-0.25, -0.2) is 23.7 Å². The van der Waals surface area contributed by atoms with Gasteiger partial charge < -0.3 is 14.8 Å². The highest BCUT2D eigenvalue weighted by Gasteiger charge is 2.24. The first-order valence-corrected chi connectivity index (χ1v) is 11.0. The third kappa shape index (κ3) is 4.70. The molecule has 3 aromatic heterocycles. The smallest absolute Gasteiger partial charge is 0.303 e. The van der Waals surface area contributed by atoms with E-state index in [1.807, 2.05) is 6.07 Å². The van der Waals surface area contributed by atoms with Gasteiger partial charge in [0.05, 0.1) is 23.6 Å². The number of H-pyrrole nitrogens is 1. The second kappa shape index (κ2) is 9.12. The molecular weight excluding hydrogens is 444 g/mol. The van der Waals surface area contributed by atoms with E-state index in [9.17, 15) is 13.6 Å². The predicted octanol–water partition coefficient (Wildman–Crippen LogP) is 4.77. The zero-order valence-electron chi connectivity index (χ0n) is 18.0. The molecule has 3 heterocycles. The number of nitrogens with one attached hydrogen (secondary N) is 1. The van der Waals surface area contributed by atoms with E-state index in [2.05, 4.69) is 24.9 Å². The Labute approximate surface area is 193 Å². The van der Waals surface area contributed by atoms with Gasteiger partial charge in [-0.15, -0.1) is 0 Å². The van der Waals surface area contributed by atoms with Crippen molar-refractivity contribution in [1.82, 2.24) is 24.9 Å². The number of aliphatic carboxylic acids is 1. The zero-order chi connectivity index (χ0) is 23.7. The number of aromatic amines is 1. The van der Waals surface area contributed by atoms with Crippen molar-refractivity contribution < 1.29 is 23.4 Å². The molecule has 0 saturated heterocycles. The summed E-state index contributed by atoms with van der Waals surface area (Å²) in [4.78, 5) is 31.0. The summed E-state index contributed by atoms with van der Waals surface area (Å²) in [6, 6.07) is 5.56. The molecule has 174 valence electrons. The van der Waals surface area contributed by atoms with Crippen molar-refractivity contribution in [3.05, 3.63) is 54.5 Å². The van der Waals surface area contributed by atoms with Crippen LogP contribution >= 0.6 is 0 Å². The van der Waals surface area contributed by atoms with Crippen LogP contribution in [-0.2, 0) is 4.79 Å². The van der Waals surface area contributed by atoms with Gasteiger partial charge in [0.15, 0.2) is 11.6 Å². The van der Waals surface area contributed by atoms with Gasteiger partial charge in [0.2, 0.25) is 5.88 Å². The van der Waals surface area contributed by atoms with Gasteiger partial charge in [-0.1, -0.05) is 0 Å². The Morgan fingerprint density at radius 1 is 1.03 bits per heavy atom. The maximum absolute atomic E-state index is 13.9. The molecule has 0 amide bonds. The molecule has 10 heteroatoms. The molecule has 5 rings (SSSR count). The molecule has 34 heavy (non-hydrogen) atoms. The average molecular weight is 465 g/mol. The summed E-state index contributed by atoms with van der Waals surface area (Å²) >= 11 is 0. The van der Waals surface area contributed by atoms with E-state index in [0.717, 1.165) is 37.3 Å². The number of nitrogens with zero attached hydrogens (tertiary/aromatic N) is 4. The number of rotatable bonds is 6. The molecule has 2 N–H and O–H groups in total. The van der Waals surface area contributed by atoms with E-state index in [-0.39, 0.29) is 29.5 Å². The van der Waals surface area contributed by atoms with Crippen molar-refractivity contribution >= 4 is 17.0 Å². The number of pyridine rings is 1. The molecule has 1 saturated carbocycles. The third-order valence-electron chi connectivity index (χ3n) is 5.98. The Bertz CT molecular complexity index is 1320. The first kappa shape index (κ1) is 21.9. The van der Waals surface area contributed by atoms with Gasteiger partial charge in [-0.2, -0.15) is 0 Å². The van der Waals surface area contributed by atoms with E-state index in [4.69, 9.17) is 9.84 Å². The quantitative estimate of drug-likeness (QED) is 0.421. The molecule has 0 radical (unpaired) electrons. The summed E-state index contributed by atoms with van der Waals surface area (Å²) in [5.41, 5.74) is 2.01. The number of benzene rings is 1. The highest BCUT2D eigenvalue weighted by molar-refractivity contribution is 5.79. The van der Waals surface area contributed by atoms with Crippen LogP contribution < -0.4 is 4.74 Å². The van der Waals surface area contributed by atoms with Crippen LogP contribution in [0.3, 0.4) is 0 Å². The van der Waals surface area contributed by atoms with Gasteiger partial charge in [0, 0.05) is 30.3 Å². The van der Waals surface area contributed by atoms with Gasteiger partial charge in [-0.3, -0.25) is 9.78 Å². The van der Waals surface area contributed by atoms with Crippen LogP contribution in [0.2, 0.25) is 0 Å². The van der Waals surface area contributed by atoms with E-state index in [1.165, 1.54) is 12.3 Å². The Morgan fingerprint density at radius 2 is 1.79 bits per heavy atom. The Hall–Kier alpha value is -3.95. The fourth-order valence-electron chi connectivity index (χ4n) is 4.24. The minimum atomic E-state index is -0.750. The number of hydrogen-bond acceptors (Lipinski definition) is 6. The fourth-order valence-corrected chi connectivity index (χ4v) is 4.24. The van der Waals surface area contributed by atoms with Crippen molar-refractivity contribution in [1.29, 1.82) is 0 Å². The summed E-state index contributed by atoms with van der Waals surface area (Å²) in [7, 11) is 0. The number of aromatic nitrogens is 5. The lowest BCUT2D eigenvalue weighted by atomic mass is 9.85. The number of hydrogen-bond donors (Lipinski definition) is 2. The van der Waals surface area contributed by atoms with Gasteiger partial charge in [-0.05, 0) is 43.7 Å². The second-order valence-corrected chi connectivity index (χ2v) is 8.40. The van der Waals surface area contributed by atoms with Crippen LogP contribution in [0.4, 0.5) is 8.78 Å². The van der Waals surface area contributed by atoms with Crippen LogP contribution in [-0.4, -0.2) is 42.1 Å². The second-order valence-electron chi connectivity index (χ2n) is 8.40. The van der Waals surface area contributed by atoms with Gasteiger partial charge in [0.25, 0.3) is 0 Å². The molecule has 0 bridgehead atoms. The average Bonchev–Trinajstić information content (AvgIpc) is 3.25. The number of fused-ring (bicyclic) bond motifs is 1. The van der Waals surface area contributed by atoms with Crippen molar-refractivity contribution in [2.24, 2.45) is 5.92 Å². The van der Waals surface area contributed by atoms with E-state index in [0.29, 0.717) is 23.1 Å². The van der Waals surface area contributed by atoms with Crippen molar-refractivity contribution in [3.63, 3.8) is 0 Å². The number of carboxylic acids is 1. The predicted molar refractivity (Wildman–Crippen MR) is 119 cm³/mol. The lowest BCUT2D eigenvalue weighted by molar-refractivity contribution is -0.138. The van der Waals surface area contributed by atoms with Crippen LogP contribution in [0.25, 0.3) is 33.8 Å². The van der Waals surface area contributed by atoms with E-state index < -0.39 is 17.6 Å². The first-order chi connectivity index (χ1) is 16.4. The van der Waals surface area contributed by atoms with Crippen molar-refractivity contribution in [3.8, 4) is 28.7 Å². The number of imidazole rings is 1. The Balaban J connectivity index is 1.24.